The molecule has 144 valence electrons. The van der Waals surface area contributed by atoms with Crippen molar-refractivity contribution >= 4 is 23.0 Å². The minimum absolute atomic E-state index is 0.0484. The second-order valence-corrected chi connectivity index (χ2v) is 7.86. The molecule has 8 nitrogen and oxygen atoms in total. The van der Waals surface area contributed by atoms with Crippen LogP contribution in [0.4, 0.5) is 0 Å². The molecular weight excluding hydrogens is 368 g/mol. The Kier molecular flexibility index (Phi) is 5.31. The molecule has 1 aliphatic heterocycles. The Hall–Kier alpha value is -2.68. The zero-order valence-electron chi connectivity index (χ0n) is 15.5. The summed E-state index contributed by atoms with van der Waals surface area (Å²) in [4.78, 5) is 40.8. The minimum atomic E-state index is -0.699. The molecule has 0 aromatic carbocycles. The van der Waals surface area contributed by atoms with E-state index in [0.29, 0.717) is 25.1 Å². The van der Waals surface area contributed by atoms with E-state index in [1.807, 2.05) is 26.0 Å². The molecule has 1 amide bonds. The number of carbonyl (C=O) groups is 1. The van der Waals surface area contributed by atoms with E-state index < -0.39 is 17.1 Å². The van der Waals surface area contributed by atoms with Crippen molar-refractivity contribution in [2.24, 2.45) is 5.10 Å². The van der Waals surface area contributed by atoms with Crippen molar-refractivity contribution in [1.29, 1.82) is 0 Å². The van der Waals surface area contributed by atoms with Gasteiger partial charge in [-0.15, -0.1) is 11.3 Å². The number of aromatic amines is 1. The first kappa shape index (κ1) is 19.1. The molecular formula is C18H22N4O4S. The summed E-state index contributed by atoms with van der Waals surface area (Å²) < 4.78 is 1.14. The monoisotopic (exact) mass is 390 g/mol. The summed E-state index contributed by atoms with van der Waals surface area (Å²) in [6, 6.07) is 3.57. The number of nitrogens with one attached hydrogen (secondary N) is 1. The Balaban J connectivity index is 2.06. The lowest BCUT2D eigenvalue weighted by atomic mass is 10.0. The number of aromatic hydroxyl groups is 1. The highest BCUT2D eigenvalue weighted by Crippen LogP contribution is 2.36. The first-order valence-electron chi connectivity index (χ1n) is 8.83. The Morgan fingerprint density at radius 3 is 2.74 bits per heavy atom. The molecule has 2 N–H and O–H groups in total. The van der Waals surface area contributed by atoms with Crippen LogP contribution in [0, 0.1) is 6.92 Å². The maximum atomic E-state index is 12.4. The van der Waals surface area contributed by atoms with Crippen LogP contribution < -0.4 is 11.2 Å². The lowest BCUT2D eigenvalue weighted by Gasteiger charge is -2.18. The van der Waals surface area contributed by atoms with Crippen LogP contribution in [0.1, 0.15) is 54.5 Å². The number of rotatable bonds is 5. The number of nitrogens with zero attached hydrogens (tertiary/aromatic N) is 3. The fraction of sp³-hybridized carbons (Fsp3) is 0.444. The standard InChI is InChI=1S/C18H22N4O4S/c1-4-5-8-21-17(25)15(16(24)19-18(21)26)12-9-13(22(20-12)11(3)23)14-7-6-10(2)27-14/h6-7,13,25H,4-5,8-9H2,1-3H3,(H,19,24,26)/t13-/m0/s1. The average molecular weight is 390 g/mol. The molecule has 9 heteroatoms. The first-order valence-corrected chi connectivity index (χ1v) is 9.65. The van der Waals surface area contributed by atoms with E-state index >= 15 is 0 Å². The van der Waals surface area contributed by atoms with Gasteiger partial charge in [-0.05, 0) is 25.5 Å². The highest BCUT2D eigenvalue weighted by atomic mass is 32.1. The number of H-pyrrole nitrogens is 1. The molecule has 0 unspecified atom stereocenters. The topological polar surface area (TPSA) is 108 Å². The van der Waals surface area contributed by atoms with Crippen molar-refractivity contribution in [3.63, 3.8) is 0 Å². The molecule has 0 saturated heterocycles. The smallest absolute Gasteiger partial charge is 0.331 e. The van der Waals surface area contributed by atoms with Crippen LogP contribution in [0.15, 0.2) is 26.8 Å². The molecule has 27 heavy (non-hydrogen) atoms. The molecule has 0 saturated carbocycles. The molecule has 0 fully saturated rings. The number of aryl methyl sites for hydroxylation is 1. The summed E-state index contributed by atoms with van der Waals surface area (Å²) in [5, 5.41) is 16.2. The Morgan fingerprint density at radius 2 is 2.15 bits per heavy atom. The molecule has 0 spiro atoms. The van der Waals surface area contributed by atoms with E-state index in [1.54, 1.807) is 11.3 Å². The summed E-state index contributed by atoms with van der Waals surface area (Å²) in [7, 11) is 0. The highest BCUT2D eigenvalue weighted by molar-refractivity contribution is 7.12. The summed E-state index contributed by atoms with van der Waals surface area (Å²) in [5.74, 6) is -0.654. The molecule has 2 aromatic heterocycles. The maximum Gasteiger partial charge on any atom is 0.331 e. The van der Waals surface area contributed by atoms with Crippen molar-refractivity contribution in [3.05, 3.63) is 48.3 Å². The third-order valence-corrected chi connectivity index (χ3v) is 5.62. The van der Waals surface area contributed by atoms with Gasteiger partial charge in [0.15, 0.2) is 0 Å². The van der Waals surface area contributed by atoms with E-state index in [1.165, 1.54) is 11.9 Å². The fourth-order valence-corrected chi connectivity index (χ4v) is 4.11. The van der Waals surface area contributed by atoms with Crippen molar-refractivity contribution in [3.8, 4) is 5.88 Å². The van der Waals surface area contributed by atoms with Crippen LogP contribution in [0.2, 0.25) is 0 Å². The molecule has 0 aliphatic carbocycles. The van der Waals surface area contributed by atoms with Crippen molar-refractivity contribution in [1.82, 2.24) is 14.6 Å². The van der Waals surface area contributed by atoms with Gasteiger partial charge < -0.3 is 5.11 Å². The highest BCUT2D eigenvalue weighted by Gasteiger charge is 2.35. The van der Waals surface area contributed by atoms with Gasteiger partial charge in [-0.25, -0.2) is 9.80 Å². The number of amides is 1. The maximum absolute atomic E-state index is 12.4. The second kappa shape index (κ2) is 7.51. The van der Waals surface area contributed by atoms with Crippen LogP contribution in [0.5, 0.6) is 5.88 Å². The largest absolute Gasteiger partial charge is 0.494 e. The van der Waals surface area contributed by atoms with Crippen molar-refractivity contribution < 1.29 is 9.90 Å². The fourth-order valence-electron chi connectivity index (χ4n) is 3.15. The predicted octanol–water partition coefficient (Wildman–Crippen LogP) is 2.11. The summed E-state index contributed by atoms with van der Waals surface area (Å²) >= 11 is 1.56. The lowest BCUT2D eigenvalue weighted by Crippen LogP contribution is -2.33. The first-order chi connectivity index (χ1) is 12.8. The van der Waals surface area contributed by atoms with Crippen molar-refractivity contribution in [2.75, 3.05) is 0 Å². The van der Waals surface area contributed by atoms with Gasteiger partial charge in [0, 0.05) is 29.6 Å². The van der Waals surface area contributed by atoms with Crippen LogP contribution in [-0.4, -0.2) is 31.3 Å². The van der Waals surface area contributed by atoms with Gasteiger partial charge >= 0.3 is 5.69 Å². The molecule has 0 bridgehead atoms. The molecule has 1 aliphatic rings. The molecule has 3 rings (SSSR count). The Bertz CT molecular complexity index is 1020. The number of unbranched alkanes of at least 4 members (excludes halogenated alkanes) is 1. The van der Waals surface area contributed by atoms with E-state index in [9.17, 15) is 19.5 Å². The van der Waals surface area contributed by atoms with Crippen LogP contribution in [0.3, 0.4) is 0 Å². The number of aromatic nitrogens is 2. The Morgan fingerprint density at radius 1 is 1.41 bits per heavy atom. The summed E-state index contributed by atoms with van der Waals surface area (Å²) in [5.41, 5.74) is -1.10. The van der Waals surface area contributed by atoms with Gasteiger partial charge in [0.25, 0.3) is 5.56 Å². The summed E-state index contributed by atoms with van der Waals surface area (Å²) in [6.45, 7) is 5.64. The zero-order valence-corrected chi connectivity index (χ0v) is 16.3. The van der Waals surface area contributed by atoms with E-state index in [4.69, 9.17) is 0 Å². The lowest BCUT2D eigenvalue weighted by molar-refractivity contribution is -0.130. The number of hydrogen-bond donors (Lipinski definition) is 2. The van der Waals surface area contributed by atoms with Gasteiger partial charge in [-0.3, -0.25) is 19.1 Å². The average Bonchev–Trinajstić information content (AvgIpc) is 3.21. The van der Waals surface area contributed by atoms with Crippen molar-refractivity contribution in [2.45, 2.75) is 52.6 Å². The van der Waals surface area contributed by atoms with Gasteiger partial charge in [-0.1, -0.05) is 13.3 Å². The predicted molar refractivity (Wildman–Crippen MR) is 103 cm³/mol. The van der Waals surface area contributed by atoms with E-state index in [2.05, 4.69) is 10.1 Å². The third-order valence-electron chi connectivity index (χ3n) is 4.52. The molecule has 0 radical (unpaired) electrons. The van der Waals surface area contributed by atoms with Crippen LogP contribution >= 0.6 is 11.3 Å². The minimum Gasteiger partial charge on any atom is -0.494 e. The van der Waals surface area contributed by atoms with Gasteiger partial charge in [0.2, 0.25) is 11.8 Å². The van der Waals surface area contributed by atoms with E-state index in [-0.39, 0.29) is 17.5 Å². The number of carbonyl (C=O) groups excluding carboxylic acids is 1. The van der Waals surface area contributed by atoms with E-state index in [0.717, 1.165) is 20.7 Å². The van der Waals surface area contributed by atoms with Gasteiger partial charge in [0.05, 0.1) is 11.8 Å². The van der Waals surface area contributed by atoms with Crippen LogP contribution in [0.25, 0.3) is 0 Å². The third kappa shape index (κ3) is 3.59. The molecule has 2 aromatic rings. The van der Waals surface area contributed by atoms with Crippen LogP contribution in [-0.2, 0) is 11.3 Å². The second-order valence-electron chi connectivity index (χ2n) is 6.54. The quantitative estimate of drug-likeness (QED) is 0.815. The SMILES string of the molecule is CCCCn1c(O)c(C2=NN(C(C)=O)[C@H](c3ccc(C)s3)C2)c(=O)[nH]c1=O. The molecule has 3 heterocycles. The summed E-state index contributed by atoms with van der Waals surface area (Å²) in [6.07, 6.45) is 1.81. The number of hydrazone groups is 1. The van der Waals surface area contributed by atoms with Gasteiger partial charge in [-0.2, -0.15) is 5.10 Å². The normalized spacial score (nSPS) is 16.6. The molecule has 1 atom stereocenters. The number of hydrogen-bond acceptors (Lipinski definition) is 6. The zero-order chi connectivity index (χ0) is 19.7. The number of thiophene rings is 1. The van der Waals surface area contributed by atoms with Gasteiger partial charge in [0.1, 0.15) is 5.56 Å². The Labute approximate surface area is 159 Å².